The molecule has 28 heavy (non-hydrogen) atoms. The van der Waals surface area contributed by atoms with Crippen LogP contribution in [0.3, 0.4) is 0 Å². The summed E-state index contributed by atoms with van der Waals surface area (Å²) in [5.41, 5.74) is -0.557. The summed E-state index contributed by atoms with van der Waals surface area (Å²) in [5, 5.41) is 5.36. The van der Waals surface area contributed by atoms with Gasteiger partial charge in [-0.15, -0.1) is 0 Å². The van der Waals surface area contributed by atoms with E-state index in [0.29, 0.717) is 18.1 Å². The maximum Gasteiger partial charge on any atom is 0.423 e. The number of hydrogen-bond acceptors (Lipinski definition) is 6. The number of anilines is 1. The molecule has 0 fully saturated rings. The number of nitrogens with zero attached hydrogens (tertiary/aromatic N) is 4. The number of aromatic amines is 1. The molecular weight excluding hydrogens is 375 g/mol. The van der Waals surface area contributed by atoms with Crippen molar-refractivity contribution in [3.63, 3.8) is 0 Å². The fraction of sp³-hybridized carbons (Fsp3) is 0.222. The lowest BCUT2D eigenvalue weighted by atomic mass is 10.2. The smallest absolute Gasteiger partial charge is 0.423 e. The Balaban J connectivity index is 1.55. The van der Waals surface area contributed by atoms with Gasteiger partial charge in [0.25, 0.3) is 5.56 Å². The Morgan fingerprint density at radius 1 is 1.21 bits per heavy atom. The van der Waals surface area contributed by atoms with Crippen LogP contribution < -0.4 is 15.2 Å². The van der Waals surface area contributed by atoms with E-state index in [2.05, 4.69) is 15.1 Å². The fourth-order valence-electron chi connectivity index (χ4n) is 3.04. The Labute approximate surface area is 156 Å². The standard InChI is InChI=1S/C18H14F3N5O2/c19-18(20,21)16-15(7-24-25-17(16)27)26-8-12-4-13(6-23-14(12)9-26)28-10-11-2-1-3-22-5-11/h1-7H,8-10H2,(H,25,27). The molecule has 0 bridgehead atoms. The molecule has 1 N–H and O–H groups in total. The van der Waals surface area contributed by atoms with Gasteiger partial charge in [0, 0.05) is 24.5 Å². The van der Waals surface area contributed by atoms with Gasteiger partial charge in [0.1, 0.15) is 17.9 Å². The number of H-pyrrole nitrogens is 1. The largest absolute Gasteiger partial charge is 0.487 e. The molecular formula is C18H14F3N5O2. The molecule has 1 aliphatic heterocycles. The van der Waals surface area contributed by atoms with Crippen molar-refractivity contribution in [1.82, 2.24) is 20.2 Å². The van der Waals surface area contributed by atoms with Crippen LogP contribution in [0.4, 0.5) is 18.9 Å². The zero-order chi connectivity index (χ0) is 19.7. The van der Waals surface area contributed by atoms with Gasteiger partial charge in [-0.05, 0) is 17.7 Å². The highest BCUT2D eigenvalue weighted by molar-refractivity contribution is 5.55. The van der Waals surface area contributed by atoms with E-state index in [1.807, 2.05) is 11.2 Å². The first kappa shape index (κ1) is 18.0. The maximum atomic E-state index is 13.3. The quantitative estimate of drug-likeness (QED) is 0.739. The van der Waals surface area contributed by atoms with Crippen LogP contribution in [0, 0.1) is 0 Å². The van der Waals surface area contributed by atoms with Gasteiger partial charge in [-0.2, -0.15) is 18.3 Å². The highest BCUT2D eigenvalue weighted by Gasteiger charge is 2.39. The predicted molar refractivity (Wildman–Crippen MR) is 92.6 cm³/mol. The van der Waals surface area contributed by atoms with Gasteiger partial charge in [-0.3, -0.25) is 14.8 Å². The zero-order valence-corrected chi connectivity index (χ0v) is 14.4. The van der Waals surface area contributed by atoms with Crippen LogP contribution in [0.5, 0.6) is 5.75 Å². The monoisotopic (exact) mass is 389 g/mol. The molecule has 4 rings (SSSR count). The van der Waals surface area contributed by atoms with E-state index >= 15 is 0 Å². The lowest BCUT2D eigenvalue weighted by Gasteiger charge is -2.20. The summed E-state index contributed by atoms with van der Waals surface area (Å²) in [7, 11) is 0. The Morgan fingerprint density at radius 2 is 2.07 bits per heavy atom. The second-order valence-corrected chi connectivity index (χ2v) is 6.24. The molecule has 0 amide bonds. The van der Waals surface area contributed by atoms with Crippen LogP contribution in [0.15, 0.2) is 47.8 Å². The Hall–Kier alpha value is -3.43. The van der Waals surface area contributed by atoms with Crippen molar-refractivity contribution in [3.05, 3.63) is 75.7 Å². The number of aromatic nitrogens is 4. The van der Waals surface area contributed by atoms with Crippen LogP contribution in [0.2, 0.25) is 0 Å². The van der Waals surface area contributed by atoms with E-state index in [1.165, 1.54) is 11.1 Å². The summed E-state index contributed by atoms with van der Waals surface area (Å²) in [5.74, 6) is 0.504. The lowest BCUT2D eigenvalue weighted by Crippen LogP contribution is -2.28. The van der Waals surface area contributed by atoms with Crippen LogP contribution >= 0.6 is 0 Å². The lowest BCUT2D eigenvalue weighted by molar-refractivity contribution is -0.138. The molecule has 0 aliphatic carbocycles. The molecule has 0 spiro atoms. The van der Waals surface area contributed by atoms with Crippen molar-refractivity contribution >= 4 is 5.69 Å². The molecule has 3 aromatic rings. The summed E-state index contributed by atoms with van der Waals surface area (Å²) in [6, 6.07) is 5.41. The number of pyridine rings is 2. The number of fused-ring (bicyclic) bond motifs is 1. The molecule has 0 unspecified atom stereocenters. The van der Waals surface area contributed by atoms with Gasteiger partial charge in [0.15, 0.2) is 0 Å². The van der Waals surface area contributed by atoms with E-state index in [0.717, 1.165) is 17.3 Å². The van der Waals surface area contributed by atoms with Crippen molar-refractivity contribution < 1.29 is 17.9 Å². The minimum atomic E-state index is -4.79. The third-order valence-corrected chi connectivity index (χ3v) is 4.33. The molecule has 144 valence electrons. The zero-order valence-electron chi connectivity index (χ0n) is 14.4. The van der Waals surface area contributed by atoms with Gasteiger partial charge in [0.05, 0.1) is 30.3 Å². The number of hydrogen-bond donors (Lipinski definition) is 1. The van der Waals surface area contributed by atoms with Crippen molar-refractivity contribution in [1.29, 1.82) is 0 Å². The third-order valence-electron chi connectivity index (χ3n) is 4.33. The van der Waals surface area contributed by atoms with E-state index in [-0.39, 0.29) is 18.8 Å². The topological polar surface area (TPSA) is 84.0 Å². The second kappa shape index (κ2) is 6.95. The first-order valence-electron chi connectivity index (χ1n) is 8.31. The molecule has 0 aromatic carbocycles. The number of rotatable bonds is 4. The first-order chi connectivity index (χ1) is 13.4. The summed E-state index contributed by atoms with van der Waals surface area (Å²) >= 11 is 0. The third kappa shape index (κ3) is 3.53. The fourth-order valence-corrected chi connectivity index (χ4v) is 3.04. The molecule has 1 aliphatic rings. The SMILES string of the molecule is O=c1[nH]ncc(N2Cc3cc(OCc4cccnc4)cnc3C2)c1C(F)(F)F. The van der Waals surface area contributed by atoms with Gasteiger partial charge < -0.3 is 9.64 Å². The average Bonchev–Trinajstić information content (AvgIpc) is 3.09. The van der Waals surface area contributed by atoms with Gasteiger partial charge in [-0.25, -0.2) is 5.10 Å². The number of nitrogens with one attached hydrogen (secondary N) is 1. The van der Waals surface area contributed by atoms with Crippen LogP contribution in [0.25, 0.3) is 0 Å². The number of halogens is 3. The van der Waals surface area contributed by atoms with Gasteiger partial charge >= 0.3 is 6.18 Å². The van der Waals surface area contributed by atoms with E-state index in [4.69, 9.17) is 4.74 Å². The maximum absolute atomic E-state index is 13.3. The van der Waals surface area contributed by atoms with Crippen molar-refractivity contribution in [3.8, 4) is 5.75 Å². The predicted octanol–water partition coefficient (Wildman–Crippen LogP) is 2.68. The summed E-state index contributed by atoms with van der Waals surface area (Å²) in [4.78, 5) is 21.4. The second-order valence-electron chi connectivity index (χ2n) is 6.24. The summed E-state index contributed by atoms with van der Waals surface area (Å²) < 4.78 is 45.6. The van der Waals surface area contributed by atoms with E-state index in [9.17, 15) is 18.0 Å². The highest BCUT2D eigenvalue weighted by atomic mass is 19.4. The van der Waals surface area contributed by atoms with Gasteiger partial charge in [0.2, 0.25) is 0 Å². The van der Waals surface area contributed by atoms with E-state index < -0.39 is 17.3 Å². The minimum absolute atomic E-state index is 0.145. The minimum Gasteiger partial charge on any atom is -0.487 e. The Kier molecular flexibility index (Phi) is 4.46. The molecule has 10 heteroatoms. The van der Waals surface area contributed by atoms with Crippen molar-refractivity contribution in [2.75, 3.05) is 4.90 Å². The van der Waals surface area contributed by atoms with Gasteiger partial charge in [-0.1, -0.05) is 6.07 Å². The normalized spacial score (nSPS) is 13.5. The number of alkyl halides is 3. The number of ether oxygens (including phenoxy) is 1. The molecule has 0 atom stereocenters. The molecule has 0 saturated heterocycles. The molecule has 3 aromatic heterocycles. The Morgan fingerprint density at radius 3 is 2.82 bits per heavy atom. The molecule has 7 nitrogen and oxygen atoms in total. The Bertz CT molecular complexity index is 1050. The van der Waals surface area contributed by atoms with Crippen LogP contribution in [-0.4, -0.2) is 20.2 Å². The average molecular weight is 389 g/mol. The molecule has 4 heterocycles. The molecule has 0 saturated carbocycles. The van der Waals surface area contributed by atoms with Crippen LogP contribution in [-0.2, 0) is 25.9 Å². The summed E-state index contributed by atoms with van der Waals surface area (Å²) in [6.45, 7) is 0.612. The highest BCUT2D eigenvalue weighted by Crippen LogP contribution is 2.37. The van der Waals surface area contributed by atoms with Crippen molar-refractivity contribution in [2.24, 2.45) is 0 Å². The van der Waals surface area contributed by atoms with Crippen molar-refractivity contribution in [2.45, 2.75) is 25.9 Å². The molecule has 0 radical (unpaired) electrons. The van der Waals surface area contributed by atoms with E-state index in [1.54, 1.807) is 24.5 Å². The van der Waals surface area contributed by atoms with Crippen LogP contribution in [0.1, 0.15) is 22.4 Å². The first-order valence-corrected chi connectivity index (χ1v) is 8.31. The summed E-state index contributed by atoms with van der Waals surface area (Å²) in [6.07, 6.45) is 1.09.